The maximum atomic E-state index is 11.7. The van der Waals surface area contributed by atoms with Crippen LogP contribution in [0.25, 0.3) is 31.7 Å². The summed E-state index contributed by atoms with van der Waals surface area (Å²) in [6.07, 6.45) is 0.852. The summed E-state index contributed by atoms with van der Waals surface area (Å²) >= 11 is 3.05. The van der Waals surface area contributed by atoms with Crippen LogP contribution in [-0.2, 0) is 0 Å². The van der Waals surface area contributed by atoms with Gasteiger partial charge in [0.15, 0.2) is 6.29 Å². The number of carboxylic acid groups (broad SMARTS) is 1. The van der Waals surface area contributed by atoms with Crippen molar-refractivity contribution in [2.45, 2.75) is 0 Å². The van der Waals surface area contributed by atoms with Crippen molar-refractivity contribution in [2.24, 2.45) is 0 Å². The molecule has 4 aromatic rings. The van der Waals surface area contributed by atoms with Crippen molar-refractivity contribution in [3.63, 3.8) is 0 Å². The van der Waals surface area contributed by atoms with E-state index >= 15 is 0 Å². The summed E-state index contributed by atoms with van der Waals surface area (Å²) in [6.45, 7) is 0. The van der Waals surface area contributed by atoms with E-state index in [2.05, 4.69) is 0 Å². The summed E-state index contributed by atoms with van der Waals surface area (Å²) in [6, 6.07) is 15.0. The molecule has 0 saturated carbocycles. The number of carbonyl (C=O) groups is 2. The van der Waals surface area contributed by atoms with Crippen LogP contribution in [0.1, 0.15) is 20.7 Å². The van der Waals surface area contributed by atoms with Crippen LogP contribution in [-0.4, -0.2) is 17.4 Å². The molecule has 0 aliphatic heterocycles. The lowest BCUT2D eigenvalue weighted by molar-refractivity contribution is 0.0697. The largest absolute Gasteiger partial charge is 0.478 e. The molecule has 0 bridgehead atoms. The Kier molecular flexibility index (Phi) is 3.95. The third-order valence-corrected chi connectivity index (χ3v) is 5.88. The van der Waals surface area contributed by atoms with E-state index in [9.17, 15) is 14.7 Å². The minimum Gasteiger partial charge on any atom is -0.478 e. The van der Waals surface area contributed by atoms with Crippen LogP contribution >= 0.6 is 22.7 Å². The highest BCUT2D eigenvalue weighted by Gasteiger charge is 2.16. The Morgan fingerprint density at radius 3 is 2.04 bits per heavy atom. The van der Waals surface area contributed by atoms with Gasteiger partial charge < -0.3 is 5.11 Å². The number of fused-ring (bicyclic) bond motifs is 1. The minimum atomic E-state index is -0.956. The highest BCUT2D eigenvalue weighted by molar-refractivity contribution is 7.13. The zero-order valence-electron chi connectivity index (χ0n) is 12.9. The van der Waals surface area contributed by atoms with Crippen LogP contribution in [0.5, 0.6) is 0 Å². The van der Waals surface area contributed by atoms with Crippen molar-refractivity contribution in [3.05, 3.63) is 70.4 Å². The summed E-state index contributed by atoms with van der Waals surface area (Å²) in [5.41, 5.74) is 2.38. The molecule has 2 aromatic carbocycles. The molecule has 0 atom stereocenters. The van der Waals surface area contributed by atoms with Gasteiger partial charge in [0.2, 0.25) is 0 Å². The van der Waals surface area contributed by atoms with Gasteiger partial charge in [-0.25, -0.2) is 4.79 Å². The fourth-order valence-corrected chi connectivity index (χ4v) is 4.44. The fourth-order valence-electron chi connectivity index (χ4n) is 2.92. The van der Waals surface area contributed by atoms with Gasteiger partial charge in [-0.15, -0.1) is 22.7 Å². The molecule has 5 heteroatoms. The van der Waals surface area contributed by atoms with Gasteiger partial charge in [-0.1, -0.05) is 12.1 Å². The second-order valence-electron chi connectivity index (χ2n) is 5.56. The third kappa shape index (κ3) is 2.77. The van der Waals surface area contributed by atoms with Crippen molar-refractivity contribution < 1.29 is 14.7 Å². The number of aromatic carboxylic acids is 1. The molecule has 0 radical (unpaired) electrons. The molecule has 2 aromatic heterocycles. The molecule has 4 rings (SSSR count). The molecule has 0 spiro atoms. The van der Waals surface area contributed by atoms with Crippen LogP contribution in [0, 0.1) is 0 Å². The number of hydrogen-bond donors (Lipinski definition) is 1. The summed E-state index contributed by atoms with van der Waals surface area (Å²) < 4.78 is 0. The highest BCUT2D eigenvalue weighted by atomic mass is 32.1. The van der Waals surface area contributed by atoms with E-state index in [1.165, 1.54) is 11.3 Å². The van der Waals surface area contributed by atoms with Gasteiger partial charge in [0.05, 0.1) is 5.56 Å². The average Bonchev–Trinajstić information content (AvgIpc) is 3.32. The van der Waals surface area contributed by atoms with E-state index in [-0.39, 0.29) is 5.56 Å². The summed E-state index contributed by atoms with van der Waals surface area (Å²) in [4.78, 5) is 25.2. The lowest BCUT2D eigenvalue weighted by Crippen LogP contribution is -1.99. The SMILES string of the molecule is O=Cc1cc2cc(-c3cccs3)c(C(=O)O)cc2cc1-c1cccs1. The molecule has 0 aliphatic rings. The number of benzene rings is 2. The van der Waals surface area contributed by atoms with E-state index in [0.717, 1.165) is 32.4 Å². The van der Waals surface area contributed by atoms with Crippen molar-refractivity contribution in [1.82, 2.24) is 0 Å². The Labute approximate surface area is 151 Å². The Morgan fingerprint density at radius 1 is 0.880 bits per heavy atom. The first kappa shape index (κ1) is 15.7. The van der Waals surface area contributed by atoms with E-state index in [1.807, 2.05) is 53.2 Å². The van der Waals surface area contributed by atoms with Gasteiger partial charge in [-0.2, -0.15) is 0 Å². The third-order valence-electron chi connectivity index (χ3n) is 4.08. The lowest BCUT2D eigenvalue weighted by atomic mass is 9.95. The Hall–Kier alpha value is -2.76. The Balaban J connectivity index is 2.02. The second kappa shape index (κ2) is 6.27. The summed E-state index contributed by atoms with van der Waals surface area (Å²) in [7, 11) is 0. The molecule has 3 nitrogen and oxygen atoms in total. The molecule has 0 saturated heterocycles. The average molecular weight is 364 g/mol. The molecule has 25 heavy (non-hydrogen) atoms. The van der Waals surface area contributed by atoms with E-state index in [4.69, 9.17) is 0 Å². The molecule has 2 heterocycles. The van der Waals surface area contributed by atoms with Crippen LogP contribution < -0.4 is 0 Å². The maximum Gasteiger partial charge on any atom is 0.336 e. The highest BCUT2D eigenvalue weighted by Crippen LogP contribution is 2.36. The molecule has 0 unspecified atom stereocenters. The van der Waals surface area contributed by atoms with Crippen LogP contribution in [0.15, 0.2) is 59.3 Å². The van der Waals surface area contributed by atoms with Crippen molar-refractivity contribution >= 4 is 45.7 Å². The topological polar surface area (TPSA) is 54.4 Å². The van der Waals surface area contributed by atoms with Gasteiger partial charge in [-0.3, -0.25) is 4.79 Å². The van der Waals surface area contributed by atoms with Crippen molar-refractivity contribution in [3.8, 4) is 20.9 Å². The first-order chi connectivity index (χ1) is 12.2. The summed E-state index contributed by atoms with van der Waals surface area (Å²) in [5, 5.41) is 15.2. The van der Waals surface area contributed by atoms with Crippen molar-refractivity contribution in [1.29, 1.82) is 0 Å². The smallest absolute Gasteiger partial charge is 0.336 e. The first-order valence-corrected chi connectivity index (χ1v) is 9.31. The first-order valence-electron chi connectivity index (χ1n) is 7.55. The number of hydrogen-bond acceptors (Lipinski definition) is 4. The number of carbonyl (C=O) groups excluding carboxylic acids is 1. The lowest BCUT2D eigenvalue weighted by Gasteiger charge is -2.10. The van der Waals surface area contributed by atoms with Crippen LogP contribution in [0.2, 0.25) is 0 Å². The second-order valence-corrected chi connectivity index (χ2v) is 7.46. The molecule has 122 valence electrons. The monoisotopic (exact) mass is 364 g/mol. The van der Waals surface area contributed by atoms with Gasteiger partial charge >= 0.3 is 5.97 Å². The zero-order valence-corrected chi connectivity index (χ0v) is 14.6. The van der Waals surface area contributed by atoms with Gasteiger partial charge in [0.25, 0.3) is 0 Å². The van der Waals surface area contributed by atoms with E-state index in [0.29, 0.717) is 11.1 Å². The number of aldehydes is 1. The van der Waals surface area contributed by atoms with Crippen LogP contribution in [0.4, 0.5) is 0 Å². The minimum absolute atomic E-state index is 0.269. The molecule has 0 aliphatic carbocycles. The zero-order chi connectivity index (χ0) is 17.4. The number of carboxylic acids is 1. The van der Waals surface area contributed by atoms with E-state index < -0.39 is 5.97 Å². The predicted octanol–water partition coefficient (Wildman–Crippen LogP) is 5.81. The Bertz CT molecular complexity index is 1080. The van der Waals surface area contributed by atoms with Gasteiger partial charge in [0, 0.05) is 26.4 Å². The molecular weight excluding hydrogens is 352 g/mol. The Morgan fingerprint density at radius 2 is 1.48 bits per heavy atom. The molecular formula is C20H12O3S2. The summed E-state index contributed by atoms with van der Waals surface area (Å²) in [5.74, 6) is -0.956. The van der Waals surface area contributed by atoms with Gasteiger partial charge in [0.1, 0.15) is 0 Å². The molecule has 1 N–H and O–H groups in total. The van der Waals surface area contributed by atoms with E-state index in [1.54, 1.807) is 17.4 Å². The number of rotatable bonds is 4. The van der Waals surface area contributed by atoms with Crippen molar-refractivity contribution in [2.75, 3.05) is 0 Å². The van der Waals surface area contributed by atoms with Crippen LogP contribution in [0.3, 0.4) is 0 Å². The molecule has 0 amide bonds. The predicted molar refractivity (Wildman–Crippen MR) is 103 cm³/mol. The standard InChI is InChI=1S/C20H12O3S2/c21-11-14-7-12-9-16(19-4-2-6-25-19)17(20(22)23)10-13(12)8-15(14)18-3-1-5-24-18/h1-11H,(H,22,23). The molecule has 0 fully saturated rings. The fraction of sp³-hybridized carbons (Fsp3) is 0. The normalized spacial score (nSPS) is 10.9. The quantitative estimate of drug-likeness (QED) is 0.465. The maximum absolute atomic E-state index is 11.7. The number of thiophene rings is 2. The van der Waals surface area contributed by atoms with Gasteiger partial charge in [-0.05, 0) is 57.9 Å².